The van der Waals surface area contributed by atoms with Crippen molar-refractivity contribution in [1.82, 2.24) is 15.4 Å². The Morgan fingerprint density at radius 1 is 1.11 bits per heavy atom. The molecule has 0 aliphatic rings. The van der Waals surface area contributed by atoms with E-state index >= 15 is 0 Å². The van der Waals surface area contributed by atoms with Crippen LogP contribution in [0.5, 0.6) is 0 Å². The summed E-state index contributed by atoms with van der Waals surface area (Å²) in [5.74, 6) is -1.19. The van der Waals surface area contributed by atoms with Crippen LogP contribution in [0.2, 0.25) is 5.02 Å². The third-order valence-corrected chi connectivity index (χ3v) is 7.44. The van der Waals surface area contributed by atoms with Gasteiger partial charge in [0.15, 0.2) is 0 Å². The third kappa shape index (κ3) is 10.3. The number of hydrogen-bond acceptors (Lipinski definition) is 6. The van der Waals surface area contributed by atoms with Crippen LogP contribution in [-0.2, 0) is 26.0 Å². The van der Waals surface area contributed by atoms with Crippen LogP contribution in [0.3, 0.4) is 0 Å². The van der Waals surface area contributed by atoms with Crippen LogP contribution in [-0.4, -0.2) is 44.3 Å². The quantitative estimate of drug-likeness (QED) is 0.169. The molecule has 0 fully saturated rings. The van der Waals surface area contributed by atoms with Gasteiger partial charge in [-0.25, -0.2) is 17.5 Å². The van der Waals surface area contributed by atoms with E-state index in [0.29, 0.717) is 31.2 Å². The molecule has 1 atom stereocenters. The molecule has 0 spiro atoms. The molecule has 0 saturated heterocycles. The minimum Gasteiger partial charge on any atom is -0.354 e. The van der Waals surface area contributed by atoms with Crippen molar-refractivity contribution in [3.63, 3.8) is 0 Å². The van der Waals surface area contributed by atoms with E-state index in [1.165, 1.54) is 12.1 Å². The minimum atomic E-state index is -3.90. The lowest BCUT2D eigenvalue weighted by Crippen LogP contribution is -2.47. The molecule has 2 aromatic rings. The van der Waals surface area contributed by atoms with Crippen LogP contribution in [0, 0.1) is 21.8 Å². The lowest BCUT2D eigenvalue weighted by atomic mass is 10.0. The highest BCUT2D eigenvalue weighted by molar-refractivity contribution is 7.89. The fourth-order valence-electron chi connectivity index (χ4n) is 3.62. The Hall–Kier alpha value is -3.09. The summed E-state index contributed by atoms with van der Waals surface area (Å²) in [7, 11) is -3.90. The van der Waals surface area contributed by atoms with Crippen LogP contribution in [0.4, 0.5) is 10.1 Å². The zero-order valence-electron chi connectivity index (χ0n) is 21.2. The van der Waals surface area contributed by atoms with Crippen molar-refractivity contribution in [1.29, 1.82) is 0 Å². The summed E-state index contributed by atoms with van der Waals surface area (Å²) in [6.45, 7) is 4.22. The summed E-state index contributed by atoms with van der Waals surface area (Å²) in [5.41, 5.74) is 0.601. The zero-order chi connectivity index (χ0) is 28.3. The van der Waals surface area contributed by atoms with Gasteiger partial charge in [-0.1, -0.05) is 37.6 Å². The molecule has 10 nitrogen and oxygen atoms in total. The monoisotopic (exact) mass is 570 g/mol. The van der Waals surface area contributed by atoms with Gasteiger partial charge in [0.2, 0.25) is 21.8 Å². The average molecular weight is 571 g/mol. The number of nitro groups is 1. The molecular weight excluding hydrogens is 539 g/mol. The summed E-state index contributed by atoms with van der Waals surface area (Å²) < 4.78 is 40.2. The number of carbonyl (C=O) groups excluding carboxylic acids is 2. The number of halogens is 2. The van der Waals surface area contributed by atoms with Crippen molar-refractivity contribution in [2.75, 3.05) is 13.1 Å². The fourth-order valence-corrected chi connectivity index (χ4v) is 5.22. The Kier molecular flexibility index (Phi) is 12.1. The van der Waals surface area contributed by atoms with Gasteiger partial charge >= 0.3 is 0 Å². The molecule has 0 unspecified atom stereocenters. The van der Waals surface area contributed by atoms with E-state index in [1.807, 2.05) is 13.8 Å². The summed E-state index contributed by atoms with van der Waals surface area (Å²) in [6.07, 6.45) is 1.68. The molecule has 208 valence electrons. The van der Waals surface area contributed by atoms with Gasteiger partial charge in [-0.3, -0.25) is 19.7 Å². The van der Waals surface area contributed by atoms with E-state index in [0.717, 1.165) is 18.2 Å². The number of rotatable bonds is 15. The predicted octanol–water partition coefficient (Wildman–Crippen LogP) is 3.73. The number of non-ortho nitro benzene ring substituents is 1. The Morgan fingerprint density at radius 2 is 1.82 bits per heavy atom. The maximum absolute atomic E-state index is 13.2. The first-order chi connectivity index (χ1) is 17.9. The first kappa shape index (κ1) is 31.1. The van der Waals surface area contributed by atoms with Crippen molar-refractivity contribution >= 4 is 39.1 Å². The molecule has 0 bridgehead atoms. The molecule has 2 amide bonds. The lowest BCUT2D eigenvalue weighted by molar-refractivity contribution is -0.384. The average Bonchev–Trinajstić information content (AvgIpc) is 2.84. The van der Waals surface area contributed by atoms with Gasteiger partial charge < -0.3 is 10.6 Å². The molecule has 0 aromatic heterocycles. The van der Waals surface area contributed by atoms with Crippen LogP contribution in [0.15, 0.2) is 47.4 Å². The van der Waals surface area contributed by atoms with Gasteiger partial charge in [0.05, 0.1) is 9.95 Å². The van der Waals surface area contributed by atoms with Crippen molar-refractivity contribution in [3.05, 3.63) is 69.0 Å². The molecular formula is C25H32ClFN4O6S. The first-order valence-corrected chi connectivity index (χ1v) is 14.0. The van der Waals surface area contributed by atoms with Gasteiger partial charge in [-0.15, -0.1) is 0 Å². The Balaban J connectivity index is 1.78. The normalized spacial score (nSPS) is 12.2. The fraction of sp³-hybridized carbons (Fsp3) is 0.440. The lowest BCUT2D eigenvalue weighted by Gasteiger charge is -2.20. The van der Waals surface area contributed by atoms with Crippen molar-refractivity contribution < 1.29 is 27.3 Å². The molecule has 0 heterocycles. The molecule has 2 rings (SSSR count). The van der Waals surface area contributed by atoms with E-state index in [-0.39, 0.29) is 52.8 Å². The number of aryl methyl sites for hydroxylation is 1. The number of nitrogens with one attached hydrogen (secondary N) is 3. The SMILES string of the molecule is CC(C)C[C@H](NC(=O)CCc1cccc([N+](=O)[O-])c1)C(=O)NCCCCNS(=O)(=O)c1ccc(F)cc1Cl. The highest BCUT2D eigenvalue weighted by Crippen LogP contribution is 2.22. The van der Waals surface area contributed by atoms with Crippen LogP contribution in [0.1, 0.15) is 45.1 Å². The second kappa shape index (κ2) is 14.7. The van der Waals surface area contributed by atoms with E-state index < -0.39 is 26.8 Å². The van der Waals surface area contributed by atoms with Gasteiger partial charge in [0.25, 0.3) is 5.69 Å². The predicted molar refractivity (Wildman–Crippen MR) is 142 cm³/mol. The Bertz CT molecular complexity index is 1240. The van der Waals surface area contributed by atoms with E-state index in [4.69, 9.17) is 11.6 Å². The number of amides is 2. The number of carbonyl (C=O) groups is 2. The molecule has 0 aliphatic heterocycles. The third-order valence-electron chi connectivity index (χ3n) is 5.50. The number of benzene rings is 2. The Morgan fingerprint density at radius 3 is 2.47 bits per heavy atom. The number of sulfonamides is 1. The summed E-state index contributed by atoms with van der Waals surface area (Å²) >= 11 is 5.82. The summed E-state index contributed by atoms with van der Waals surface area (Å²) in [4.78, 5) is 35.4. The van der Waals surface area contributed by atoms with Gasteiger partial charge in [-0.05, 0) is 55.4 Å². The standard InChI is InChI=1S/C25H32ClFN4O6S/c1-17(2)14-22(30-24(32)11-8-18-6-5-7-20(15-18)31(34)35)25(33)28-12-3-4-13-29-38(36,37)23-10-9-19(27)16-21(23)26/h5-7,9-10,15-17,22,29H,3-4,8,11-14H2,1-2H3,(H,28,33)(H,30,32)/t22-/m0/s1. The van der Waals surface area contributed by atoms with Crippen LogP contribution >= 0.6 is 11.6 Å². The molecule has 0 saturated carbocycles. The number of nitro benzene ring substituents is 1. The van der Waals surface area contributed by atoms with Crippen molar-refractivity contribution in [2.45, 2.75) is 56.9 Å². The zero-order valence-corrected chi connectivity index (χ0v) is 22.8. The Labute approximate surface area is 226 Å². The smallest absolute Gasteiger partial charge is 0.269 e. The maximum atomic E-state index is 13.2. The first-order valence-electron chi connectivity index (χ1n) is 12.1. The van der Waals surface area contributed by atoms with Gasteiger partial charge in [0.1, 0.15) is 16.8 Å². The number of nitrogens with zero attached hydrogens (tertiary/aromatic N) is 1. The molecule has 0 aliphatic carbocycles. The van der Waals surface area contributed by atoms with Crippen LogP contribution < -0.4 is 15.4 Å². The number of hydrogen-bond donors (Lipinski definition) is 3. The number of unbranched alkanes of at least 4 members (excludes halogenated alkanes) is 1. The second-order valence-electron chi connectivity index (χ2n) is 9.15. The molecule has 2 aromatic carbocycles. The van der Waals surface area contributed by atoms with Crippen molar-refractivity contribution in [2.24, 2.45) is 5.92 Å². The summed E-state index contributed by atoms with van der Waals surface area (Å²) in [6, 6.07) is 8.33. The molecule has 0 radical (unpaired) electrons. The summed E-state index contributed by atoms with van der Waals surface area (Å²) in [5, 5.41) is 16.2. The van der Waals surface area contributed by atoms with Crippen LogP contribution in [0.25, 0.3) is 0 Å². The van der Waals surface area contributed by atoms with Gasteiger partial charge in [-0.2, -0.15) is 0 Å². The molecule has 38 heavy (non-hydrogen) atoms. The largest absolute Gasteiger partial charge is 0.354 e. The van der Waals surface area contributed by atoms with E-state index in [2.05, 4.69) is 15.4 Å². The highest BCUT2D eigenvalue weighted by Gasteiger charge is 2.22. The molecule has 13 heteroatoms. The molecule has 3 N–H and O–H groups in total. The van der Waals surface area contributed by atoms with Gasteiger partial charge in [0, 0.05) is 31.6 Å². The minimum absolute atomic E-state index is 0.0491. The van der Waals surface area contributed by atoms with Crippen molar-refractivity contribution in [3.8, 4) is 0 Å². The second-order valence-corrected chi connectivity index (χ2v) is 11.3. The van der Waals surface area contributed by atoms with E-state index in [1.54, 1.807) is 12.1 Å². The van der Waals surface area contributed by atoms with E-state index in [9.17, 15) is 32.5 Å². The topological polar surface area (TPSA) is 148 Å². The highest BCUT2D eigenvalue weighted by atomic mass is 35.5. The maximum Gasteiger partial charge on any atom is 0.269 e.